The molecule has 0 radical (unpaired) electrons. The van der Waals surface area contributed by atoms with Crippen LogP contribution in [-0.4, -0.2) is 38.5 Å². The van der Waals surface area contributed by atoms with Crippen molar-refractivity contribution in [1.82, 2.24) is 19.5 Å². The standard InChI is InChI=1S/C22H28N4O/c1-6-17-9-11-18(12-10-17)21-19(14-20(27)25(7-2)8-3)26-22(23-21)15(4)13-16(5)24-26/h9-13H,6-8,14H2,1-5H3. The molecule has 142 valence electrons. The molecule has 2 aromatic heterocycles. The van der Waals surface area contributed by atoms with Gasteiger partial charge in [0.15, 0.2) is 5.65 Å². The monoisotopic (exact) mass is 364 g/mol. The van der Waals surface area contributed by atoms with Crippen molar-refractivity contribution in [3.8, 4) is 11.3 Å². The molecule has 0 saturated heterocycles. The van der Waals surface area contributed by atoms with Crippen molar-refractivity contribution in [3.63, 3.8) is 0 Å². The number of hydrogen-bond donors (Lipinski definition) is 0. The van der Waals surface area contributed by atoms with E-state index < -0.39 is 0 Å². The molecule has 5 nitrogen and oxygen atoms in total. The maximum atomic E-state index is 12.8. The van der Waals surface area contributed by atoms with Crippen LogP contribution in [0.1, 0.15) is 43.3 Å². The average Bonchev–Trinajstić information content (AvgIpc) is 3.01. The molecule has 0 bridgehead atoms. The van der Waals surface area contributed by atoms with E-state index in [4.69, 9.17) is 4.98 Å². The number of imidazole rings is 1. The zero-order chi connectivity index (χ0) is 19.6. The lowest BCUT2D eigenvalue weighted by atomic mass is 10.0. The van der Waals surface area contributed by atoms with Crippen molar-refractivity contribution in [3.05, 3.63) is 52.8 Å². The highest BCUT2D eigenvalue weighted by atomic mass is 16.2. The van der Waals surface area contributed by atoms with Crippen molar-refractivity contribution >= 4 is 11.6 Å². The summed E-state index contributed by atoms with van der Waals surface area (Å²) < 4.78 is 1.86. The fraction of sp³-hybridized carbons (Fsp3) is 0.409. The number of hydrogen-bond acceptors (Lipinski definition) is 3. The highest BCUT2D eigenvalue weighted by Crippen LogP contribution is 2.27. The summed E-state index contributed by atoms with van der Waals surface area (Å²) in [6, 6.07) is 10.5. The lowest BCUT2D eigenvalue weighted by molar-refractivity contribution is -0.130. The van der Waals surface area contributed by atoms with E-state index in [0.29, 0.717) is 19.5 Å². The number of carbonyl (C=O) groups excluding carboxylic acids is 1. The predicted octanol–water partition coefficient (Wildman–Crippen LogP) is 3.99. The van der Waals surface area contributed by atoms with Gasteiger partial charge in [-0.1, -0.05) is 31.2 Å². The first-order chi connectivity index (χ1) is 13.0. The molecular weight excluding hydrogens is 336 g/mol. The molecule has 0 aliphatic heterocycles. The quantitative estimate of drug-likeness (QED) is 0.665. The highest BCUT2D eigenvalue weighted by Gasteiger charge is 2.21. The van der Waals surface area contributed by atoms with Gasteiger partial charge >= 0.3 is 0 Å². The normalized spacial score (nSPS) is 11.1. The van der Waals surface area contributed by atoms with Crippen LogP contribution in [0.5, 0.6) is 0 Å². The van der Waals surface area contributed by atoms with Gasteiger partial charge in [-0.25, -0.2) is 9.50 Å². The molecule has 1 amide bonds. The summed E-state index contributed by atoms with van der Waals surface area (Å²) >= 11 is 0. The van der Waals surface area contributed by atoms with Crippen molar-refractivity contribution in [2.75, 3.05) is 13.1 Å². The smallest absolute Gasteiger partial charge is 0.228 e. The number of fused-ring (bicyclic) bond motifs is 1. The van der Waals surface area contributed by atoms with Crippen molar-refractivity contribution in [2.24, 2.45) is 0 Å². The molecular formula is C22H28N4O. The summed E-state index contributed by atoms with van der Waals surface area (Å²) in [6.07, 6.45) is 1.29. The minimum Gasteiger partial charge on any atom is -0.343 e. The van der Waals surface area contributed by atoms with E-state index in [1.54, 1.807) is 0 Å². The van der Waals surface area contributed by atoms with Crippen LogP contribution in [0.15, 0.2) is 30.3 Å². The lowest BCUT2D eigenvalue weighted by Gasteiger charge is -2.18. The minimum absolute atomic E-state index is 0.106. The Morgan fingerprint density at radius 2 is 1.74 bits per heavy atom. The van der Waals surface area contributed by atoms with Gasteiger partial charge in [-0.15, -0.1) is 0 Å². The summed E-state index contributed by atoms with van der Waals surface area (Å²) in [4.78, 5) is 19.6. The molecule has 0 aliphatic rings. The van der Waals surface area contributed by atoms with E-state index in [0.717, 1.165) is 40.3 Å². The van der Waals surface area contributed by atoms with Crippen molar-refractivity contribution in [1.29, 1.82) is 0 Å². The van der Waals surface area contributed by atoms with Crippen LogP contribution in [0.4, 0.5) is 0 Å². The third kappa shape index (κ3) is 3.72. The second-order valence-electron chi connectivity index (χ2n) is 6.90. The Balaban J connectivity index is 2.16. The SMILES string of the molecule is CCc1ccc(-c2nc3c(C)cc(C)nn3c2CC(=O)N(CC)CC)cc1. The molecule has 0 fully saturated rings. The number of nitrogens with zero attached hydrogens (tertiary/aromatic N) is 4. The third-order valence-corrected chi connectivity index (χ3v) is 5.05. The zero-order valence-electron chi connectivity index (χ0n) is 16.9. The van der Waals surface area contributed by atoms with E-state index in [-0.39, 0.29) is 5.91 Å². The molecule has 0 N–H and O–H groups in total. The Morgan fingerprint density at radius 1 is 1.07 bits per heavy atom. The molecule has 27 heavy (non-hydrogen) atoms. The largest absolute Gasteiger partial charge is 0.343 e. The fourth-order valence-electron chi connectivity index (χ4n) is 3.49. The number of benzene rings is 1. The molecule has 0 unspecified atom stereocenters. The second-order valence-corrected chi connectivity index (χ2v) is 6.90. The van der Waals surface area contributed by atoms with Gasteiger partial charge in [0.2, 0.25) is 5.91 Å². The number of carbonyl (C=O) groups is 1. The lowest BCUT2D eigenvalue weighted by Crippen LogP contribution is -2.32. The molecule has 5 heteroatoms. The van der Waals surface area contributed by atoms with Crippen LogP contribution in [-0.2, 0) is 17.6 Å². The number of likely N-dealkylation sites (N-methyl/N-ethyl adjacent to an activating group) is 1. The van der Waals surface area contributed by atoms with Gasteiger partial charge in [-0.05, 0) is 51.3 Å². The van der Waals surface area contributed by atoms with Crippen molar-refractivity contribution in [2.45, 2.75) is 47.5 Å². The fourth-order valence-corrected chi connectivity index (χ4v) is 3.49. The Hall–Kier alpha value is -2.69. The average molecular weight is 364 g/mol. The maximum Gasteiger partial charge on any atom is 0.228 e. The number of aromatic nitrogens is 3. The topological polar surface area (TPSA) is 50.5 Å². The zero-order valence-corrected chi connectivity index (χ0v) is 16.9. The molecule has 0 spiro atoms. The number of rotatable bonds is 6. The Morgan fingerprint density at radius 3 is 2.33 bits per heavy atom. The van der Waals surface area contributed by atoms with Gasteiger partial charge < -0.3 is 4.90 Å². The van der Waals surface area contributed by atoms with Gasteiger partial charge in [-0.3, -0.25) is 4.79 Å². The second kappa shape index (κ2) is 7.91. The number of aryl methyl sites for hydroxylation is 3. The van der Waals surface area contributed by atoms with Crippen molar-refractivity contribution < 1.29 is 4.79 Å². The summed E-state index contributed by atoms with van der Waals surface area (Å²) in [7, 11) is 0. The Bertz CT molecular complexity index is 953. The van der Waals surface area contributed by atoms with Gasteiger partial charge in [0.25, 0.3) is 0 Å². The Kier molecular flexibility index (Phi) is 5.59. The van der Waals surface area contributed by atoms with Gasteiger partial charge in [0, 0.05) is 18.7 Å². The van der Waals surface area contributed by atoms with E-state index >= 15 is 0 Å². The summed E-state index contributed by atoms with van der Waals surface area (Å²) in [5, 5.41) is 4.66. The molecule has 2 heterocycles. The molecule has 1 aromatic carbocycles. The first-order valence-electron chi connectivity index (χ1n) is 9.71. The van der Waals surface area contributed by atoms with Crippen LogP contribution in [0.25, 0.3) is 16.9 Å². The first-order valence-corrected chi connectivity index (χ1v) is 9.71. The summed E-state index contributed by atoms with van der Waals surface area (Å²) in [5.41, 5.74) is 6.82. The number of amides is 1. The molecule has 3 rings (SSSR count). The minimum atomic E-state index is 0.106. The first kappa shape index (κ1) is 19.1. The molecule has 0 atom stereocenters. The van der Waals surface area contributed by atoms with Crippen LogP contribution in [0.2, 0.25) is 0 Å². The Labute approximate surface area is 161 Å². The summed E-state index contributed by atoms with van der Waals surface area (Å²) in [6.45, 7) is 11.6. The molecule has 3 aromatic rings. The van der Waals surface area contributed by atoms with E-state index in [1.165, 1.54) is 5.56 Å². The molecule has 0 saturated carbocycles. The van der Waals surface area contributed by atoms with E-state index in [1.807, 2.05) is 43.2 Å². The maximum absolute atomic E-state index is 12.8. The van der Waals surface area contributed by atoms with Crippen LogP contribution in [0, 0.1) is 13.8 Å². The third-order valence-electron chi connectivity index (χ3n) is 5.05. The van der Waals surface area contributed by atoms with Gasteiger partial charge in [-0.2, -0.15) is 5.10 Å². The van der Waals surface area contributed by atoms with Crippen LogP contribution in [0.3, 0.4) is 0 Å². The summed E-state index contributed by atoms with van der Waals surface area (Å²) in [5.74, 6) is 0.106. The van der Waals surface area contributed by atoms with Crippen LogP contribution >= 0.6 is 0 Å². The highest BCUT2D eigenvalue weighted by molar-refractivity contribution is 5.81. The van der Waals surface area contributed by atoms with Gasteiger partial charge in [0.05, 0.1) is 23.5 Å². The van der Waals surface area contributed by atoms with Crippen LogP contribution < -0.4 is 0 Å². The van der Waals surface area contributed by atoms with E-state index in [9.17, 15) is 4.79 Å². The molecule has 0 aliphatic carbocycles. The van der Waals surface area contributed by atoms with Gasteiger partial charge in [0.1, 0.15) is 0 Å². The van der Waals surface area contributed by atoms with E-state index in [2.05, 4.69) is 36.3 Å². The predicted molar refractivity (Wildman–Crippen MR) is 109 cm³/mol.